The van der Waals surface area contributed by atoms with Crippen molar-refractivity contribution in [1.29, 1.82) is 0 Å². The first-order valence-corrected chi connectivity index (χ1v) is 9.25. The van der Waals surface area contributed by atoms with Gasteiger partial charge >= 0.3 is 0 Å². The monoisotopic (exact) mass is 407 g/mol. The van der Waals surface area contributed by atoms with Crippen LogP contribution < -0.4 is 5.32 Å². The van der Waals surface area contributed by atoms with E-state index in [1.54, 1.807) is 6.92 Å². The molecule has 10 heteroatoms. The highest BCUT2D eigenvalue weighted by Gasteiger charge is 2.19. The number of nitrogens with zero attached hydrogens (tertiary/aromatic N) is 4. The largest absolute Gasteiger partial charge is 0.333 e. The van der Waals surface area contributed by atoms with E-state index in [1.807, 2.05) is 30.3 Å². The summed E-state index contributed by atoms with van der Waals surface area (Å²) in [5.41, 5.74) is 1.67. The van der Waals surface area contributed by atoms with E-state index in [-0.39, 0.29) is 11.3 Å². The number of hydrogen-bond acceptors (Lipinski definition) is 8. The van der Waals surface area contributed by atoms with Crippen LogP contribution in [0.15, 0.2) is 59.1 Å². The quantitative estimate of drug-likeness (QED) is 0.386. The van der Waals surface area contributed by atoms with Crippen molar-refractivity contribution in [2.24, 2.45) is 0 Å². The van der Waals surface area contributed by atoms with Gasteiger partial charge in [0.05, 0.1) is 10.6 Å². The maximum absolute atomic E-state index is 12.4. The Balaban J connectivity index is 1.53. The molecule has 0 fully saturated rings. The van der Waals surface area contributed by atoms with Crippen LogP contribution >= 0.6 is 11.3 Å². The molecule has 4 rings (SSSR count). The number of nitro groups is 1. The van der Waals surface area contributed by atoms with Gasteiger partial charge in [-0.25, -0.2) is 4.98 Å². The summed E-state index contributed by atoms with van der Waals surface area (Å²) < 4.78 is 5.36. The van der Waals surface area contributed by atoms with Crippen LogP contribution in [-0.4, -0.2) is 26.0 Å². The van der Waals surface area contributed by atoms with Crippen molar-refractivity contribution in [2.75, 3.05) is 5.32 Å². The predicted molar refractivity (Wildman–Crippen MR) is 107 cm³/mol. The zero-order valence-corrected chi connectivity index (χ0v) is 15.8. The zero-order valence-electron chi connectivity index (χ0n) is 15.0. The van der Waals surface area contributed by atoms with Crippen LogP contribution in [0.4, 0.5) is 10.8 Å². The van der Waals surface area contributed by atoms with Gasteiger partial charge in [-0.1, -0.05) is 46.8 Å². The van der Waals surface area contributed by atoms with Crippen LogP contribution in [-0.2, 0) is 0 Å². The van der Waals surface area contributed by atoms with Gasteiger partial charge in [0.2, 0.25) is 5.82 Å². The molecule has 0 atom stereocenters. The summed E-state index contributed by atoms with van der Waals surface area (Å²) in [5.74, 6) is 0.357. The van der Waals surface area contributed by atoms with Gasteiger partial charge in [-0.05, 0) is 19.1 Å². The number of hydrogen-bond donors (Lipinski definition) is 1. The molecule has 0 aliphatic carbocycles. The summed E-state index contributed by atoms with van der Waals surface area (Å²) in [6.45, 7) is 1.78. The molecule has 0 spiro atoms. The number of nitro benzene ring substituents is 1. The van der Waals surface area contributed by atoms with Crippen molar-refractivity contribution >= 4 is 28.1 Å². The van der Waals surface area contributed by atoms with E-state index in [0.29, 0.717) is 27.4 Å². The van der Waals surface area contributed by atoms with Crippen molar-refractivity contribution in [3.05, 3.63) is 76.0 Å². The van der Waals surface area contributed by atoms with Crippen molar-refractivity contribution in [3.63, 3.8) is 0 Å². The second-order valence-electron chi connectivity index (χ2n) is 5.98. The van der Waals surface area contributed by atoms with Crippen LogP contribution in [0.5, 0.6) is 0 Å². The third-order valence-corrected chi connectivity index (χ3v) is 5.07. The summed E-state index contributed by atoms with van der Waals surface area (Å²) in [6, 6.07) is 14.8. The molecule has 0 saturated heterocycles. The van der Waals surface area contributed by atoms with Crippen molar-refractivity contribution < 1.29 is 14.2 Å². The first-order valence-electron chi connectivity index (χ1n) is 8.44. The Kier molecular flexibility index (Phi) is 4.83. The van der Waals surface area contributed by atoms with Crippen LogP contribution in [0.1, 0.15) is 16.1 Å². The van der Waals surface area contributed by atoms with E-state index in [2.05, 4.69) is 20.4 Å². The van der Waals surface area contributed by atoms with Gasteiger partial charge in [0.15, 0.2) is 5.13 Å². The van der Waals surface area contributed by atoms with Crippen molar-refractivity contribution in [1.82, 2.24) is 15.1 Å². The van der Waals surface area contributed by atoms with Crippen LogP contribution in [0, 0.1) is 17.0 Å². The lowest BCUT2D eigenvalue weighted by molar-refractivity contribution is -0.384. The van der Waals surface area contributed by atoms with Crippen molar-refractivity contribution in [3.8, 4) is 22.2 Å². The molecule has 9 nitrogen and oxygen atoms in total. The fourth-order valence-electron chi connectivity index (χ4n) is 2.57. The number of nitrogens with one attached hydrogen (secondary N) is 1. The average molecular weight is 407 g/mol. The number of non-ortho nitro benzene ring substituents is 1. The molecule has 144 valence electrons. The number of carbonyl (C=O) groups is 1. The smallest absolute Gasteiger partial charge is 0.270 e. The third-order valence-electron chi connectivity index (χ3n) is 4.01. The minimum atomic E-state index is -0.522. The number of aryl methyl sites for hydroxylation is 1. The van der Waals surface area contributed by atoms with Gasteiger partial charge in [-0.2, -0.15) is 4.98 Å². The average Bonchev–Trinajstić information content (AvgIpc) is 3.35. The van der Waals surface area contributed by atoms with Crippen LogP contribution in [0.25, 0.3) is 22.2 Å². The number of thiazole rings is 1. The molecule has 2 heterocycles. The Bertz CT molecular complexity index is 1190. The number of rotatable bonds is 5. The Morgan fingerprint density at radius 2 is 1.83 bits per heavy atom. The molecule has 29 heavy (non-hydrogen) atoms. The van der Waals surface area contributed by atoms with Crippen molar-refractivity contribution in [2.45, 2.75) is 6.92 Å². The van der Waals surface area contributed by atoms with Gasteiger partial charge in [0.1, 0.15) is 4.88 Å². The Labute approximate surface area is 168 Å². The highest BCUT2D eigenvalue weighted by atomic mass is 32.1. The molecule has 0 aliphatic heterocycles. The number of amides is 1. The molecule has 0 saturated carbocycles. The highest BCUT2D eigenvalue weighted by Crippen LogP contribution is 2.33. The first-order chi connectivity index (χ1) is 14.0. The zero-order chi connectivity index (χ0) is 20.4. The molecule has 1 N–H and O–H groups in total. The summed E-state index contributed by atoms with van der Waals surface area (Å²) >= 11 is 1.20. The maximum Gasteiger partial charge on any atom is 0.270 e. The van der Waals surface area contributed by atoms with Crippen LogP contribution in [0.2, 0.25) is 0 Å². The second-order valence-corrected chi connectivity index (χ2v) is 6.98. The number of aromatic nitrogens is 3. The Morgan fingerprint density at radius 3 is 2.52 bits per heavy atom. The Hall–Kier alpha value is -3.92. The topological polar surface area (TPSA) is 124 Å². The number of anilines is 1. The molecular formula is C19H13N5O4S. The summed E-state index contributed by atoms with van der Waals surface area (Å²) in [7, 11) is 0. The van der Waals surface area contributed by atoms with Gasteiger partial charge < -0.3 is 4.52 Å². The first kappa shape index (κ1) is 18.4. The fraction of sp³-hybridized carbons (Fsp3) is 0.0526. The lowest BCUT2D eigenvalue weighted by Crippen LogP contribution is -2.11. The van der Waals surface area contributed by atoms with E-state index >= 15 is 0 Å². The summed E-state index contributed by atoms with van der Waals surface area (Å²) in [5, 5.41) is 17.8. The molecule has 0 aliphatic rings. The lowest BCUT2D eigenvalue weighted by atomic mass is 10.2. The van der Waals surface area contributed by atoms with E-state index in [1.165, 1.54) is 35.6 Å². The molecule has 2 aromatic carbocycles. The lowest BCUT2D eigenvalue weighted by Gasteiger charge is -2.01. The van der Waals surface area contributed by atoms with E-state index in [0.717, 1.165) is 5.56 Å². The van der Waals surface area contributed by atoms with Gasteiger partial charge in [-0.15, -0.1) is 0 Å². The minimum absolute atomic E-state index is 0.0838. The number of benzene rings is 2. The molecule has 2 aromatic heterocycles. The summed E-state index contributed by atoms with van der Waals surface area (Å²) in [4.78, 5) is 32.0. The SMILES string of the molecule is Cc1nc(NC(=O)c2ccc([N+](=O)[O-])cc2)sc1-c1nc(-c2ccccc2)no1. The normalized spacial score (nSPS) is 10.7. The van der Waals surface area contributed by atoms with Gasteiger partial charge in [0.25, 0.3) is 17.5 Å². The Morgan fingerprint density at radius 1 is 1.10 bits per heavy atom. The molecular weight excluding hydrogens is 394 g/mol. The second kappa shape index (κ2) is 7.60. The van der Waals surface area contributed by atoms with E-state index < -0.39 is 10.8 Å². The molecule has 4 aromatic rings. The molecule has 1 amide bonds. The summed E-state index contributed by atoms with van der Waals surface area (Å²) in [6.07, 6.45) is 0. The number of carbonyl (C=O) groups excluding carboxylic acids is 1. The van der Waals surface area contributed by atoms with Gasteiger partial charge in [0, 0.05) is 23.3 Å². The van der Waals surface area contributed by atoms with E-state index in [9.17, 15) is 14.9 Å². The molecule has 0 bridgehead atoms. The van der Waals surface area contributed by atoms with Gasteiger partial charge in [-0.3, -0.25) is 20.2 Å². The molecule has 0 unspecified atom stereocenters. The predicted octanol–water partition coefficient (Wildman–Crippen LogP) is 4.33. The third kappa shape index (κ3) is 3.87. The minimum Gasteiger partial charge on any atom is -0.333 e. The fourth-order valence-corrected chi connectivity index (χ4v) is 3.46. The molecule has 0 radical (unpaired) electrons. The maximum atomic E-state index is 12.4. The van der Waals surface area contributed by atoms with E-state index in [4.69, 9.17) is 4.52 Å². The van der Waals surface area contributed by atoms with Crippen LogP contribution in [0.3, 0.4) is 0 Å². The highest BCUT2D eigenvalue weighted by molar-refractivity contribution is 7.19. The standard InChI is InChI=1S/C19H13N5O4S/c1-11-15(18-21-16(23-28-18)12-5-3-2-4-6-12)29-19(20-11)22-17(25)13-7-9-14(10-8-13)24(26)27/h2-10H,1H3,(H,20,22,25).